The highest BCUT2D eigenvalue weighted by atomic mass is 19.1. The van der Waals surface area contributed by atoms with Crippen molar-refractivity contribution in [2.24, 2.45) is 10.7 Å². The molecule has 0 spiro atoms. The molecule has 1 aromatic carbocycles. The molecule has 2 rings (SSSR count). The quantitative estimate of drug-likeness (QED) is 0.735. The molecule has 0 aromatic heterocycles. The van der Waals surface area contributed by atoms with Gasteiger partial charge in [-0.1, -0.05) is 0 Å². The van der Waals surface area contributed by atoms with Gasteiger partial charge in [-0.25, -0.2) is 13.8 Å². The lowest BCUT2D eigenvalue weighted by atomic mass is 9.92. The van der Waals surface area contributed by atoms with Crippen molar-refractivity contribution in [3.05, 3.63) is 35.4 Å². The standard InChI is InChI=1S/C10H9F2N3O/c1-10(8(16)14-9(13)15-10)6-4-5(11)2-3-7(6)12/h2-4H,1H3,(H3,13,14,15,16). The Morgan fingerprint density at radius 3 is 2.69 bits per heavy atom. The van der Waals surface area contributed by atoms with Crippen molar-refractivity contribution < 1.29 is 13.6 Å². The van der Waals surface area contributed by atoms with E-state index in [2.05, 4.69) is 10.3 Å². The molecule has 0 fully saturated rings. The van der Waals surface area contributed by atoms with Crippen LogP contribution in [0.4, 0.5) is 8.78 Å². The lowest BCUT2D eigenvalue weighted by Crippen LogP contribution is -2.37. The predicted molar refractivity (Wildman–Crippen MR) is 53.5 cm³/mol. The normalized spacial score (nSPS) is 24.2. The summed E-state index contributed by atoms with van der Waals surface area (Å²) in [7, 11) is 0. The van der Waals surface area contributed by atoms with Crippen LogP contribution in [-0.2, 0) is 10.3 Å². The smallest absolute Gasteiger partial charge is 0.259 e. The Labute approximate surface area is 90.2 Å². The molecular formula is C10H9F2N3O. The van der Waals surface area contributed by atoms with E-state index < -0.39 is 23.1 Å². The van der Waals surface area contributed by atoms with Crippen molar-refractivity contribution in [2.75, 3.05) is 0 Å². The monoisotopic (exact) mass is 225 g/mol. The summed E-state index contributed by atoms with van der Waals surface area (Å²) in [5.41, 5.74) is 3.69. The summed E-state index contributed by atoms with van der Waals surface area (Å²) < 4.78 is 26.5. The van der Waals surface area contributed by atoms with E-state index in [1.54, 1.807) is 0 Å². The third-order valence-corrected chi connectivity index (χ3v) is 2.48. The number of hydrogen-bond acceptors (Lipinski definition) is 3. The van der Waals surface area contributed by atoms with Crippen molar-refractivity contribution in [1.82, 2.24) is 5.32 Å². The van der Waals surface area contributed by atoms with Gasteiger partial charge >= 0.3 is 0 Å². The lowest BCUT2D eigenvalue weighted by Gasteiger charge is -2.18. The summed E-state index contributed by atoms with van der Waals surface area (Å²) in [5.74, 6) is -2.01. The van der Waals surface area contributed by atoms with E-state index in [0.29, 0.717) is 0 Å². The number of nitrogens with zero attached hydrogens (tertiary/aromatic N) is 1. The topological polar surface area (TPSA) is 67.5 Å². The fourth-order valence-electron chi connectivity index (χ4n) is 1.61. The first kappa shape index (κ1) is 10.5. The summed E-state index contributed by atoms with van der Waals surface area (Å²) in [6.07, 6.45) is 0. The molecule has 16 heavy (non-hydrogen) atoms. The first-order chi connectivity index (χ1) is 7.43. The minimum Gasteiger partial charge on any atom is -0.370 e. The van der Waals surface area contributed by atoms with Gasteiger partial charge in [0, 0.05) is 5.56 Å². The molecule has 1 amide bonds. The minimum absolute atomic E-state index is 0.101. The Kier molecular flexibility index (Phi) is 2.15. The fourth-order valence-corrected chi connectivity index (χ4v) is 1.61. The third-order valence-electron chi connectivity index (χ3n) is 2.48. The second-order valence-electron chi connectivity index (χ2n) is 3.65. The van der Waals surface area contributed by atoms with Gasteiger partial charge in [-0.15, -0.1) is 0 Å². The molecule has 4 nitrogen and oxygen atoms in total. The molecule has 0 bridgehead atoms. The highest BCUT2D eigenvalue weighted by molar-refractivity contribution is 6.06. The van der Waals surface area contributed by atoms with Gasteiger partial charge in [0.2, 0.25) is 0 Å². The van der Waals surface area contributed by atoms with Crippen molar-refractivity contribution in [2.45, 2.75) is 12.5 Å². The molecule has 1 atom stereocenters. The average molecular weight is 225 g/mol. The number of aliphatic imine (C=N–C) groups is 1. The molecule has 6 heteroatoms. The van der Waals surface area contributed by atoms with E-state index >= 15 is 0 Å². The summed E-state index contributed by atoms with van der Waals surface area (Å²) in [6, 6.07) is 2.87. The van der Waals surface area contributed by atoms with Crippen LogP contribution in [0.25, 0.3) is 0 Å². The zero-order valence-electron chi connectivity index (χ0n) is 8.42. The number of nitrogens with one attached hydrogen (secondary N) is 1. The van der Waals surface area contributed by atoms with Gasteiger partial charge in [0.1, 0.15) is 11.6 Å². The molecule has 84 valence electrons. The number of nitrogens with two attached hydrogens (primary N) is 1. The molecule has 0 aliphatic carbocycles. The molecule has 1 aliphatic heterocycles. The van der Waals surface area contributed by atoms with E-state index in [1.807, 2.05) is 0 Å². The van der Waals surface area contributed by atoms with Gasteiger partial charge in [-0.05, 0) is 25.1 Å². The van der Waals surface area contributed by atoms with Gasteiger partial charge in [-0.3, -0.25) is 10.1 Å². The van der Waals surface area contributed by atoms with Gasteiger partial charge in [0.05, 0.1) is 0 Å². The SMILES string of the molecule is CC1(c2cc(F)ccc2F)N=C(N)NC1=O. The summed E-state index contributed by atoms with van der Waals surface area (Å²) in [4.78, 5) is 15.4. The van der Waals surface area contributed by atoms with Crippen molar-refractivity contribution in [3.8, 4) is 0 Å². The molecule has 1 aliphatic rings. The van der Waals surface area contributed by atoms with E-state index in [1.165, 1.54) is 6.92 Å². The van der Waals surface area contributed by atoms with E-state index in [4.69, 9.17) is 5.73 Å². The molecular weight excluding hydrogens is 216 g/mol. The fraction of sp³-hybridized carbons (Fsp3) is 0.200. The molecule has 1 heterocycles. The Morgan fingerprint density at radius 1 is 1.44 bits per heavy atom. The number of rotatable bonds is 1. The highest BCUT2D eigenvalue weighted by Crippen LogP contribution is 2.30. The van der Waals surface area contributed by atoms with Gasteiger partial charge in [-0.2, -0.15) is 0 Å². The van der Waals surface area contributed by atoms with Gasteiger partial charge < -0.3 is 5.73 Å². The maximum absolute atomic E-state index is 13.5. The van der Waals surface area contributed by atoms with Crippen LogP contribution in [-0.4, -0.2) is 11.9 Å². The number of benzene rings is 1. The Bertz CT molecular complexity index is 501. The average Bonchev–Trinajstić information content (AvgIpc) is 2.46. The molecule has 3 N–H and O–H groups in total. The third kappa shape index (κ3) is 1.42. The molecule has 0 saturated heterocycles. The Balaban J connectivity index is 2.59. The Hall–Kier alpha value is -1.98. The van der Waals surface area contributed by atoms with Crippen LogP contribution in [0.2, 0.25) is 0 Å². The van der Waals surface area contributed by atoms with Crippen LogP contribution >= 0.6 is 0 Å². The van der Waals surface area contributed by atoms with Crippen molar-refractivity contribution >= 4 is 11.9 Å². The van der Waals surface area contributed by atoms with Gasteiger partial charge in [0.15, 0.2) is 11.5 Å². The first-order valence-corrected chi connectivity index (χ1v) is 4.56. The second kappa shape index (κ2) is 3.26. The molecule has 1 aromatic rings. The van der Waals surface area contributed by atoms with E-state index in [9.17, 15) is 13.6 Å². The van der Waals surface area contributed by atoms with Crippen LogP contribution in [0.3, 0.4) is 0 Å². The number of guanidine groups is 1. The lowest BCUT2D eigenvalue weighted by molar-refractivity contribution is -0.123. The maximum Gasteiger partial charge on any atom is 0.259 e. The van der Waals surface area contributed by atoms with Crippen molar-refractivity contribution in [3.63, 3.8) is 0 Å². The molecule has 1 unspecified atom stereocenters. The molecule has 0 saturated carbocycles. The van der Waals surface area contributed by atoms with Gasteiger partial charge in [0.25, 0.3) is 5.91 Å². The second-order valence-corrected chi connectivity index (χ2v) is 3.65. The zero-order valence-corrected chi connectivity index (χ0v) is 8.42. The Morgan fingerprint density at radius 2 is 2.12 bits per heavy atom. The van der Waals surface area contributed by atoms with E-state index in [-0.39, 0.29) is 11.5 Å². The maximum atomic E-state index is 13.5. The molecule has 0 radical (unpaired) electrons. The summed E-state index contributed by atoms with van der Waals surface area (Å²) >= 11 is 0. The van der Waals surface area contributed by atoms with Crippen LogP contribution in [0.1, 0.15) is 12.5 Å². The number of halogens is 2. The van der Waals surface area contributed by atoms with Crippen LogP contribution in [0.5, 0.6) is 0 Å². The minimum atomic E-state index is -1.50. The predicted octanol–water partition coefficient (Wildman–Crippen LogP) is 0.625. The number of hydrogen-bond donors (Lipinski definition) is 2. The van der Waals surface area contributed by atoms with E-state index in [0.717, 1.165) is 18.2 Å². The van der Waals surface area contributed by atoms with Crippen LogP contribution < -0.4 is 11.1 Å². The largest absolute Gasteiger partial charge is 0.370 e. The number of carbonyl (C=O) groups excluding carboxylic acids is 1. The highest BCUT2D eigenvalue weighted by Gasteiger charge is 2.42. The first-order valence-electron chi connectivity index (χ1n) is 4.56. The van der Waals surface area contributed by atoms with Crippen LogP contribution in [0, 0.1) is 11.6 Å². The zero-order chi connectivity index (χ0) is 11.9. The summed E-state index contributed by atoms with van der Waals surface area (Å²) in [5, 5.41) is 2.25. The van der Waals surface area contributed by atoms with Crippen molar-refractivity contribution in [1.29, 1.82) is 0 Å². The number of amides is 1. The van der Waals surface area contributed by atoms with Crippen LogP contribution in [0.15, 0.2) is 23.2 Å². The number of carbonyl (C=O) groups is 1. The summed E-state index contributed by atoms with van der Waals surface area (Å²) in [6.45, 7) is 1.38.